The Bertz CT molecular complexity index is 349. The van der Waals surface area contributed by atoms with Gasteiger partial charge in [0.15, 0.2) is 0 Å². The van der Waals surface area contributed by atoms with E-state index in [4.69, 9.17) is 5.73 Å². The molecule has 1 aromatic heterocycles. The summed E-state index contributed by atoms with van der Waals surface area (Å²) in [7, 11) is 4.20. The van der Waals surface area contributed by atoms with Crippen molar-refractivity contribution in [2.75, 3.05) is 38.6 Å². The maximum absolute atomic E-state index is 6.01. The van der Waals surface area contributed by atoms with Gasteiger partial charge in [-0.15, -0.1) is 0 Å². The van der Waals surface area contributed by atoms with Crippen LogP contribution in [0.3, 0.4) is 0 Å². The molecular weight excluding hydrogens is 224 g/mol. The van der Waals surface area contributed by atoms with Gasteiger partial charge in [-0.2, -0.15) is 0 Å². The Hall–Kier alpha value is -1.13. The van der Waals surface area contributed by atoms with Crippen molar-refractivity contribution in [3.8, 4) is 0 Å². The van der Waals surface area contributed by atoms with E-state index in [1.807, 2.05) is 19.2 Å². The van der Waals surface area contributed by atoms with Crippen LogP contribution < -0.4 is 10.6 Å². The van der Waals surface area contributed by atoms with Crippen molar-refractivity contribution in [2.45, 2.75) is 26.3 Å². The Morgan fingerprint density at radius 1 is 1.33 bits per heavy atom. The molecule has 1 heterocycles. The van der Waals surface area contributed by atoms with Crippen molar-refractivity contribution < 1.29 is 0 Å². The molecule has 0 spiro atoms. The highest BCUT2D eigenvalue weighted by molar-refractivity contribution is 5.48. The second kappa shape index (κ2) is 7.34. The van der Waals surface area contributed by atoms with E-state index in [1.54, 1.807) is 0 Å². The average molecular weight is 250 g/mol. The highest BCUT2D eigenvalue weighted by Crippen LogP contribution is 2.22. The van der Waals surface area contributed by atoms with Gasteiger partial charge in [0.1, 0.15) is 5.82 Å². The summed E-state index contributed by atoms with van der Waals surface area (Å²) in [5, 5.41) is 0. The Kier molecular flexibility index (Phi) is 6.09. The van der Waals surface area contributed by atoms with Crippen LogP contribution in [0.4, 0.5) is 5.82 Å². The molecule has 0 fully saturated rings. The van der Waals surface area contributed by atoms with Crippen LogP contribution in [0.2, 0.25) is 0 Å². The third kappa shape index (κ3) is 4.27. The van der Waals surface area contributed by atoms with Crippen LogP contribution in [0.25, 0.3) is 0 Å². The van der Waals surface area contributed by atoms with Crippen LogP contribution in [0.15, 0.2) is 18.3 Å². The standard InChI is InChI=1S/C14H26N4/c1-5-18(11-7-10-17(3)4)14-13(12(2)15)8-6-9-16-14/h6,8-9,12H,5,7,10-11,15H2,1-4H3/t12-/m0/s1. The zero-order valence-corrected chi connectivity index (χ0v) is 12.1. The Labute approximate surface area is 111 Å². The molecule has 0 radical (unpaired) electrons. The van der Waals surface area contributed by atoms with Gasteiger partial charge in [-0.05, 0) is 47.0 Å². The first-order chi connectivity index (χ1) is 8.56. The minimum atomic E-state index is 0.0246. The fourth-order valence-corrected chi connectivity index (χ4v) is 2.02. The van der Waals surface area contributed by atoms with Crippen molar-refractivity contribution in [1.82, 2.24) is 9.88 Å². The summed E-state index contributed by atoms with van der Waals surface area (Å²) in [4.78, 5) is 9.02. The maximum Gasteiger partial charge on any atom is 0.133 e. The van der Waals surface area contributed by atoms with Crippen molar-refractivity contribution in [2.24, 2.45) is 5.73 Å². The number of nitrogens with zero attached hydrogens (tertiary/aromatic N) is 3. The van der Waals surface area contributed by atoms with Crippen LogP contribution in [0.1, 0.15) is 31.9 Å². The monoisotopic (exact) mass is 250 g/mol. The lowest BCUT2D eigenvalue weighted by Gasteiger charge is -2.26. The lowest BCUT2D eigenvalue weighted by molar-refractivity contribution is 0.400. The number of hydrogen-bond donors (Lipinski definition) is 1. The van der Waals surface area contributed by atoms with Crippen LogP contribution in [-0.2, 0) is 0 Å². The maximum atomic E-state index is 6.01. The predicted molar refractivity (Wildman–Crippen MR) is 77.9 cm³/mol. The molecule has 2 N–H and O–H groups in total. The van der Waals surface area contributed by atoms with E-state index in [-0.39, 0.29) is 6.04 Å². The number of rotatable bonds is 7. The molecule has 0 unspecified atom stereocenters. The molecule has 0 bridgehead atoms. The number of nitrogens with two attached hydrogens (primary N) is 1. The molecule has 1 rings (SSSR count). The van der Waals surface area contributed by atoms with Gasteiger partial charge in [-0.3, -0.25) is 0 Å². The van der Waals surface area contributed by atoms with E-state index in [1.165, 1.54) is 0 Å². The molecule has 0 amide bonds. The molecule has 0 aliphatic carbocycles. The Balaban J connectivity index is 2.75. The van der Waals surface area contributed by atoms with Gasteiger partial charge in [-0.1, -0.05) is 6.07 Å². The second-order valence-corrected chi connectivity index (χ2v) is 4.94. The Morgan fingerprint density at radius 2 is 2.06 bits per heavy atom. The Morgan fingerprint density at radius 3 is 2.61 bits per heavy atom. The molecule has 0 aliphatic rings. The molecule has 0 saturated heterocycles. The molecule has 1 aromatic rings. The summed E-state index contributed by atoms with van der Waals surface area (Å²) in [6, 6.07) is 4.05. The lowest BCUT2D eigenvalue weighted by Crippen LogP contribution is -2.29. The zero-order valence-electron chi connectivity index (χ0n) is 12.1. The summed E-state index contributed by atoms with van der Waals surface area (Å²) < 4.78 is 0. The fourth-order valence-electron chi connectivity index (χ4n) is 2.02. The second-order valence-electron chi connectivity index (χ2n) is 4.94. The molecule has 1 atom stereocenters. The summed E-state index contributed by atoms with van der Waals surface area (Å²) >= 11 is 0. The third-order valence-corrected chi connectivity index (χ3v) is 3.02. The molecule has 0 saturated carbocycles. The molecule has 18 heavy (non-hydrogen) atoms. The minimum Gasteiger partial charge on any atom is -0.357 e. The quantitative estimate of drug-likeness (QED) is 0.802. The van der Waals surface area contributed by atoms with Crippen molar-refractivity contribution in [3.63, 3.8) is 0 Å². The third-order valence-electron chi connectivity index (χ3n) is 3.02. The number of aromatic nitrogens is 1. The van der Waals surface area contributed by atoms with Crippen molar-refractivity contribution in [1.29, 1.82) is 0 Å². The first-order valence-corrected chi connectivity index (χ1v) is 6.66. The van der Waals surface area contributed by atoms with E-state index in [0.717, 1.165) is 37.4 Å². The first-order valence-electron chi connectivity index (χ1n) is 6.66. The highest BCUT2D eigenvalue weighted by atomic mass is 15.2. The number of hydrogen-bond acceptors (Lipinski definition) is 4. The first kappa shape index (κ1) is 14.9. The van der Waals surface area contributed by atoms with Gasteiger partial charge < -0.3 is 15.5 Å². The van der Waals surface area contributed by atoms with E-state index < -0.39 is 0 Å². The van der Waals surface area contributed by atoms with Gasteiger partial charge in [-0.25, -0.2) is 4.98 Å². The van der Waals surface area contributed by atoms with Crippen LogP contribution in [-0.4, -0.2) is 43.6 Å². The van der Waals surface area contributed by atoms with E-state index in [0.29, 0.717) is 0 Å². The minimum absolute atomic E-state index is 0.0246. The highest BCUT2D eigenvalue weighted by Gasteiger charge is 2.13. The summed E-state index contributed by atoms with van der Waals surface area (Å²) in [6.45, 7) is 7.25. The van der Waals surface area contributed by atoms with E-state index in [2.05, 4.69) is 41.9 Å². The van der Waals surface area contributed by atoms with Gasteiger partial charge in [0.25, 0.3) is 0 Å². The van der Waals surface area contributed by atoms with Gasteiger partial charge in [0, 0.05) is 30.9 Å². The SMILES string of the molecule is CCN(CCCN(C)C)c1ncccc1[C@H](C)N. The van der Waals surface area contributed by atoms with Crippen LogP contribution in [0, 0.1) is 0 Å². The van der Waals surface area contributed by atoms with Gasteiger partial charge in [0.2, 0.25) is 0 Å². The molecule has 4 nitrogen and oxygen atoms in total. The summed E-state index contributed by atoms with van der Waals surface area (Å²) in [5.74, 6) is 1.04. The lowest BCUT2D eigenvalue weighted by atomic mass is 10.1. The fraction of sp³-hybridized carbons (Fsp3) is 0.643. The average Bonchev–Trinajstić information content (AvgIpc) is 2.34. The van der Waals surface area contributed by atoms with E-state index >= 15 is 0 Å². The molecule has 102 valence electrons. The summed E-state index contributed by atoms with van der Waals surface area (Å²) in [6.07, 6.45) is 2.98. The van der Waals surface area contributed by atoms with Crippen LogP contribution >= 0.6 is 0 Å². The molecule has 4 heteroatoms. The van der Waals surface area contributed by atoms with Crippen molar-refractivity contribution >= 4 is 5.82 Å². The van der Waals surface area contributed by atoms with Gasteiger partial charge in [0.05, 0.1) is 0 Å². The van der Waals surface area contributed by atoms with Crippen molar-refractivity contribution in [3.05, 3.63) is 23.9 Å². The predicted octanol–water partition coefficient (Wildman–Crippen LogP) is 1.88. The zero-order chi connectivity index (χ0) is 13.5. The normalized spacial score (nSPS) is 12.8. The van der Waals surface area contributed by atoms with Gasteiger partial charge >= 0.3 is 0 Å². The summed E-state index contributed by atoms with van der Waals surface area (Å²) in [5.41, 5.74) is 7.14. The largest absolute Gasteiger partial charge is 0.357 e. The van der Waals surface area contributed by atoms with Crippen LogP contribution in [0.5, 0.6) is 0 Å². The van der Waals surface area contributed by atoms with E-state index in [9.17, 15) is 0 Å². The molecular formula is C14H26N4. The molecule has 0 aliphatic heterocycles. The topological polar surface area (TPSA) is 45.4 Å². The smallest absolute Gasteiger partial charge is 0.133 e. The number of anilines is 1. The molecule has 0 aromatic carbocycles. The number of pyridine rings is 1.